The van der Waals surface area contributed by atoms with E-state index < -0.39 is 0 Å². The van der Waals surface area contributed by atoms with Crippen LogP contribution in [0.2, 0.25) is 0 Å². The van der Waals surface area contributed by atoms with E-state index in [2.05, 4.69) is 5.16 Å². The van der Waals surface area contributed by atoms with E-state index >= 15 is 0 Å². The van der Waals surface area contributed by atoms with Gasteiger partial charge in [0, 0.05) is 19.1 Å². The van der Waals surface area contributed by atoms with E-state index in [1.54, 1.807) is 12.3 Å². The first-order valence-corrected chi connectivity index (χ1v) is 4.27. The summed E-state index contributed by atoms with van der Waals surface area (Å²) in [7, 11) is 0. The lowest BCUT2D eigenvalue weighted by molar-refractivity contribution is -0.115. The topological polar surface area (TPSA) is 38.7 Å². The SMILES string of the molecule is O=C1C=C(C2CC=NO2)CCC1. The summed E-state index contributed by atoms with van der Waals surface area (Å²) in [4.78, 5) is 16.1. The molecule has 2 aliphatic rings. The zero-order valence-corrected chi connectivity index (χ0v) is 6.82. The Bertz CT molecular complexity index is 247. The highest BCUT2D eigenvalue weighted by Gasteiger charge is 2.21. The van der Waals surface area contributed by atoms with Crippen LogP contribution in [-0.2, 0) is 9.63 Å². The third-order valence-electron chi connectivity index (χ3n) is 2.23. The molecule has 1 aliphatic heterocycles. The van der Waals surface area contributed by atoms with Crippen molar-refractivity contribution in [3.8, 4) is 0 Å². The van der Waals surface area contributed by atoms with Crippen molar-refractivity contribution in [3.63, 3.8) is 0 Å². The molecule has 3 nitrogen and oxygen atoms in total. The highest BCUT2D eigenvalue weighted by atomic mass is 16.6. The van der Waals surface area contributed by atoms with Crippen LogP contribution in [0.15, 0.2) is 16.8 Å². The predicted octanol–water partition coefficient (Wildman–Crippen LogP) is 1.44. The van der Waals surface area contributed by atoms with Crippen molar-refractivity contribution in [2.45, 2.75) is 31.8 Å². The van der Waals surface area contributed by atoms with E-state index in [0.717, 1.165) is 24.8 Å². The van der Waals surface area contributed by atoms with E-state index in [1.165, 1.54) is 0 Å². The monoisotopic (exact) mass is 165 g/mol. The van der Waals surface area contributed by atoms with Gasteiger partial charge in [-0.1, -0.05) is 5.16 Å². The van der Waals surface area contributed by atoms with Crippen molar-refractivity contribution < 1.29 is 9.63 Å². The van der Waals surface area contributed by atoms with Gasteiger partial charge in [-0.2, -0.15) is 0 Å². The summed E-state index contributed by atoms with van der Waals surface area (Å²) in [6.07, 6.45) is 6.99. The lowest BCUT2D eigenvalue weighted by Crippen LogP contribution is -2.14. The molecule has 64 valence electrons. The third-order valence-corrected chi connectivity index (χ3v) is 2.23. The van der Waals surface area contributed by atoms with Gasteiger partial charge in [0.15, 0.2) is 11.9 Å². The van der Waals surface area contributed by atoms with Crippen molar-refractivity contribution in [1.29, 1.82) is 0 Å². The smallest absolute Gasteiger partial charge is 0.155 e. The summed E-state index contributed by atoms with van der Waals surface area (Å²) in [6.45, 7) is 0. The van der Waals surface area contributed by atoms with Gasteiger partial charge in [0.1, 0.15) is 0 Å². The third kappa shape index (κ3) is 1.40. The van der Waals surface area contributed by atoms with Crippen LogP contribution in [0.1, 0.15) is 25.7 Å². The lowest BCUT2D eigenvalue weighted by atomic mass is 9.94. The second-order valence-electron chi connectivity index (χ2n) is 3.16. The molecule has 0 aromatic heterocycles. The van der Waals surface area contributed by atoms with Crippen LogP contribution < -0.4 is 0 Å². The Balaban J connectivity index is 2.07. The number of carbonyl (C=O) groups is 1. The van der Waals surface area contributed by atoms with Gasteiger partial charge in [-0.3, -0.25) is 4.79 Å². The largest absolute Gasteiger partial charge is 0.388 e. The summed E-state index contributed by atoms with van der Waals surface area (Å²) in [5.74, 6) is 0.228. The first-order chi connectivity index (χ1) is 5.86. The number of hydrogen-bond acceptors (Lipinski definition) is 3. The lowest BCUT2D eigenvalue weighted by Gasteiger charge is -2.15. The molecule has 1 unspecified atom stereocenters. The average molecular weight is 165 g/mol. The first-order valence-electron chi connectivity index (χ1n) is 4.27. The molecule has 0 N–H and O–H groups in total. The van der Waals surface area contributed by atoms with Crippen molar-refractivity contribution in [3.05, 3.63) is 11.6 Å². The zero-order chi connectivity index (χ0) is 8.39. The van der Waals surface area contributed by atoms with Gasteiger partial charge in [-0.15, -0.1) is 0 Å². The van der Waals surface area contributed by atoms with E-state index in [9.17, 15) is 4.79 Å². The molecule has 2 rings (SSSR count). The Morgan fingerprint density at radius 2 is 2.42 bits per heavy atom. The molecule has 12 heavy (non-hydrogen) atoms. The summed E-state index contributed by atoms with van der Waals surface area (Å²) in [5.41, 5.74) is 1.11. The molecule has 0 fully saturated rings. The number of nitrogens with zero attached hydrogens (tertiary/aromatic N) is 1. The maximum Gasteiger partial charge on any atom is 0.155 e. The van der Waals surface area contributed by atoms with Crippen LogP contribution in [0.4, 0.5) is 0 Å². The summed E-state index contributed by atoms with van der Waals surface area (Å²) >= 11 is 0. The normalized spacial score (nSPS) is 28.5. The quantitative estimate of drug-likeness (QED) is 0.589. The predicted molar refractivity (Wildman–Crippen MR) is 44.9 cm³/mol. The standard InChI is InChI=1S/C9H11NO2/c11-8-3-1-2-7(6-8)9-4-5-10-12-9/h5-6,9H,1-4H2. The minimum Gasteiger partial charge on any atom is -0.388 e. The molecule has 1 heterocycles. The van der Waals surface area contributed by atoms with Gasteiger partial charge in [-0.25, -0.2) is 0 Å². The summed E-state index contributed by atoms with van der Waals surface area (Å²) in [6, 6.07) is 0. The van der Waals surface area contributed by atoms with Gasteiger partial charge in [0.05, 0.1) is 0 Å². The van der Waals surface area contributed by atoms with Gasteiger partial charge in [-0.05, 0) is 24.5 Å². The van der Waals surface area contributed by atoms with Crippen molar-refractivity contribution in [2.75, 3.05) is 0 Å². The molecule has 0 spiro atoms. The van der Waals surface area contributed by atoms with E-state index in [4.69, 9.17) is 4.84 Å². The molecule has 0 saturated heterocycles. The van der Waals surface area contributed by atoms with Crippen LogP contribution >= 0.6 is 0 Å². The van der Waals surface area contributed by atoms with Crippen LogP contribution in [0.25, 0.3) is 0 Å². The van der Waals surface area contributed by atoms with Crippen LogP contribution in [0.3, 0.4) is 0 Å². The maximum atomic E-state index is 11.1. The number of rotatable bonds is 1. The Kier molecular flexibility index (Phi) is 1.94. The van der Waals surface area contributed by atoms with Crippen LogP contribution in [0, 0.1) is 0 Å². The van der Waals surface area contributed by atoms with E-state index in [1.807, 2.05) is 0 Å². The number of allylic oxidation sites excluding steroid dienone is 1. The second kappa shape index (κ2) is 3.09. The fraction of sp³-hybridized carbons (Fsp3) is 0.556. The minimum absolute atomic E-state index is 0.0502. The van der Waals surface area contributed by atoms with Crippen molar-refractivity contribution in [2.24, 2.45) is 5.16 Å². The number of hydrogen-bond donors (Lipinski definition) is 0. The fourth-order valence-electron chi connectivity index (χ4n) is 1.59. The molecule has 0 radical (unpaired) electrons. The molecule has 0 aromatic rings. The Hall–Kier alpha value is -1.12. The van der Waals surface area contributed by atoms with E-state index in [0.29, 0.717) is 6.42 Å². The molecule has 1 aliphatic carbocycles. The average Bonchev–Trinajstić information content (AvgIpc) is 2.56. The van der Waals surface area contributed by atoms with Crippen LogP contribution in [-0.4, -0.2) is 18.1 Å². The maximum absolute atomic E-state index is 11.1. The second-order valence-corrected chi connectivity index (χ2v) is 3.16. The molecule has 0 bridgehead atoms. The van der Waals surface area contributed by atoms with E-state index in [-0.39, 0.29) is 11.9 Å². The summed E-state index contributed by atoms with van der Waals surface area (Å²) < 4.78 is 0. The van der Waals surface area contributed by atoms with Crippen LogP contribution in [0.5, 0.6) is 0 Å². The van der Waals surface area contributed by atoms with Gasteiger partial charge >= 0.3 is 0 Å². The molecule has 0 aromatic carbocycles. The van der Waals surface area contributed by atoms with Gasteiger partial charge in [0.2, 0.25) is 0 Å². The number of oxime groups is 1. The Morgan fingerprint density at radius 1 is 1.50 bits per heavy atom. The van der Waals surface area contributed by atoms with Crippen molar-refractivity contribution >= 4 is 12.0 Å². The zero-order valence-electron chi connectivity index (χ0n) is 6.82. The summed E-state index contributed by atoms with van der Waals surface area (Å²) in [5, 5.41) is 3.69. The number of carbonyl (C=O) groups excluding carboxylic acids is 1. The molecule has 0 amide bonds. The fourth-order valence-corrected chi connectivity index (χ4v) is 1.59. The Morgan fingerprint density at radius 3 is 3.08 bits per heavy atom. The molecule has 1 atom stereocenters. The molecular weight excluding hydrogens is 154 g/mol. The Labute approximate surface area is 71.1 Å². The molecule has 3 heteroatoms. The highest BCUT2D eigenvalue weighted by Crippen LogP contribution is 2.23. The number of ketones is 1. The van der Waals surface area contributed by atoms with Gasteiger partial charge in [0.25, 0.3) is 0 Å². The highest BCUT2D eigenvalue weighted by molar-refractivity contribution is 5.91. The van der Waals surface area contributed by atoms with Crippen molar-refractivity contribution in [1.82, 2.24) is 0 Å². The molecule has 0 saturated carbocycles. The molecular formula is C9H11NO2. The van der Waals surface area contributed by atoms with Gasteiger partial charge < -0.3 is 4.84 Å². The first kappa shape index (κ1) is 7.53. The minimum atomic E-state index is 0.0502.